The van der Waals surface area contributed by atoms with Crippen LogP contribution in [0.3, 0.4) is 0 Å². The maximum Gasteiger partial charge on any atom is 0.472 e. The lowest BCUT2D eigenvalue weighted by atomic mass is 10.1. The lowest BCUT2D eigenvalue weighted by Gasteiger charge is -2.25. The molecule has 0 aliphatic rings. The lowest BCUT2D eigenvalue weighted by Crippen LogP contribution is -2.45. The first-order chi connectivity index (χ1) is 26.0. The number of quaternary nitrogens is 1. The topological polar surface area (TPSA) is 105 Å². The second-order valence-electron chi connectivity index (χ2n) is 15.0. The van der Waals surface area contributed by atoms with Gasteiger partial charge in [-0.2, -0.15) is 0 Å². The number of nitrogens with zero attached hydrogens (tertiary/aromatic N) is 1. The van der Waals surface area contributed by atoms with Gasteiger partial charge in [-0.25, -0.2) is 4.57 Å². The lowest BCUT2D eigenvalue weighted by molar-refractivity contribution is -0.870. The van der Waals surface area contributed by atoms with Gasteiger partial charge in [0.15, 0.2) is 0 Å². The predicted octanol–water partition coefficient (Wildman–Crippen LogP) is 11.4. The maximum absolute atomic E-state index is 12.8. The third kappa shape index (κ3) is 38.0. The van der Waals surface area contributed by atoms with E-state index in [9.17, 15) is 19.4 Å². The average Bonchev–Trinajstić information content (AvgIpc) is 3.12. The molecule has 0 aromatic heterocycles. The summed E-state index contributed by atoms with van der Waals surface area (Å²) in [5, 5.41) is 13.7. The summed E-state index contributed by atoms with van der Waals surface area (Å²) in [5.74, 6) is -0.212. The Labute approximate surface area is 331 Å². The SMILES string of the molecule is CC/C=C\C/C=C\C/C=C\C/C=C\CCCCCCCCC(=O)NC(COP(=O)(O)OCC[N+](C)(C)C)C(O)/C=C/CC/C=C/CC/C=C/CCCCC. The third-order valence-electron chi connectivity index (χ3n) is 8.58. The van der Waals surface area contributed by atoms with Crippen LogP contribution in [0.4, 0.5) is 0 Å². The van der Waals surface area contributed by atoms with Crippen molar-refractivity contribution in [1.82, 2.24) is 5.32 Å². The van der Waals surface area contributed by atoms with Crippen LogP contribution in [-0.4, -0.2) is 73.4 Å². The molecule has 0 spiro atoms. The summed E-state index contributed by atoms with van der Waals surface area (Å²) in [6.07, 6.45) is 49.4. The molecule has 0 bridgehead atoms. The number of amides is 1. The molecule has 0 aliphatic heterocycles. The van der Waals surface area contributed by atoms with Gasteiger partial charge in [-0.05, 0) is 83.5 Å². The summed E-state index contributed by atoms with van der Waals surface area (Å²) in [4.78, 5) is 23.1. The second-order valence-corrected chi connectivity index (χ2v) is 16.4. The second kappa shape index (κ2) is 36.3. The number of carbonyl (C=O) groups excluding carboxylic acids is 1. The van der Waals surface area contributed by atoms with E-state index in [1.54, 1.807) is 6.08 Å². The molecule has 9 heteroatoms. The van der Waals surface area contributed by atoms with E-state index in [0.29, 0.717) is 17.4 Å². The van der Waals surface area contributed by atoms with E-state index < -0.39 is 20.0 Å². The Morgan fingerprint density at radius 3 is 1.70 bits per heavy atom. The number of phosphoric acid groups is 1. The number of nitrogens with one attached hydrogen (secondary N) is 1. The van der Waals surface area contributed by atoms with Gasteiger partial charge in [0.2, 0.25) is 5.91 Å². The first-order valence-corrected chi connectivity index (χ1v) is 22.5. The Kier molecular flexibility index (Phi) is 34.8. The molecular weight excluding hydrogens is 695 g/mol. The highest BCUT2D eigenvalue weighted by Crippen LogP contribution is 2.43. The summed E-state index contributed by atoms with van der Waals surface area (Å²) in [6.45, 7) is 4.59. The van der Waals surface area contributed by atoms with Crippen LogP contribution in [0.25, 0.3) is 0 Å². The molecule has 0 saturated heterocycles. The zero-order valence-electron chi connectivity index (χ0n) is 34.9. The van der Waals surface area contributed by atoms with Gasteiger partial charge in [0.05, 0.1) is 39.9 Å². The molecule has 3 unspecified atom stereocenters. The highest BCUT2D eigenvalue weighted by molar-refractivity contribution is 7.47. The zero-order chi connectivity index (χ0) is 40.0. The molecule has 3 N–H and O–H groups in total. The van der Waals surface area contributed by atoms with Crippen molar-refractivity contribution in [2.45, 2.75) is 154 Å². The molecule has 0 rings (SSSR count). The molecule has 0 radical (unpaired) electrons. The number of carbonyl (C=O) groups is 1. The Balaban J connectivity index is 4.55. The fourth-order valence-electron chi connectivity index (χ4n) is 5.24. The number of hydrogen-bond donors (Lipinski definition) is 3. The predicted molar refractivity (Wildman–Crippen MR) is 230 cm³/mol. The van der Waals surface area contributed by atoms with Gasteiger partial charge in [-0.3, -0.25) is 13.8 Å². The average molecular weight is 776 g/mol. The van der Waals surface area contributed by atoms with E-state index in [-0.39, 0.29) is 19.1 Å². The Hall–Kier alpha value is -2.32. The van der Waals surface area contributed by atoms with Crippen LogP contribution < -0.4 is 5.32 Å². The van der Waals surface area contributed by atoms with Crippen molar-refractivity contribution in [2.75, 3.05) is 40.9 Å². The van der Waals surface area contributed by atoms with E-state index >= 15 is 0 Å². The molecule has 0 aromatic rings. The molecule has 1 amide bonds. The number of phosphoric ester groups is 1. The third-order valence-corrected chi connectivity index (χ3v) is 9.56. The van der Waals surface area contributed by atoms with Gasteiger partial charge in [0.1, 0.15) is 13.2 Å². The van der Waals surface area contributed by atoms with Crippen LogP contribution in [-0.2, 0) is 18.4 Å². The van der Waals surface area contributed by atoms with E-state index in [1.807, 2.05) is 27.2 Å². The van der Waals surface area contributed by atoms with Gasteiger partial charge in [-0.1, -0.05) is 137 Å². The molecular formula is C45H80N2O6P+. The molecule has 0 aromatic carbocycles. The first-order valence-electron chi connectivity index (χ1n) is 21.0. The van der Waals surface area contributed by atoms with Gasteiger partial charge >= 0.3 is 7.82 Å². The van der Waals surface area contributed by atoms with Gasteiger partial charge < -0.3 is 19.8 Å². The number of likely N-dealkylation sites (N-methyl/N-ethyl adjacent to an activating group) is 1. The van der Waals surface area contributed by atoms with Crippen molar-refractivity contribution in [1.29, 1.82) is 0 Å². The molecule has 8 nitrogen and oxygen atoms in total. The standard InChI is InChI=1S/C45H79N2O6P/c1-6-8-10-12-14-16-18-20-21-22-23-24-25-27-29-31-33-35-37-39-45(49)46-43(42-53-54(50,51)52-41-40-47(3,4)5)44(48)38-36-34-32-30-28-26-19-17-15-13-11-9-7-2/h8,10,14-17,20-21,23-24,28,30,36,38,43-44,48H,6-7,9,11-13,18-19,22,25-27,29,31-35,37,39-42H2,1-5H3,(H-,46,49,50,51)/p+1/b10-8-,16-14-,17-15+,21-20-,24-23-,30-28+,38-36+. The number of aliphatic hydroxyl groups excluding tert-OH is 1. The molecule has 54 heavy (non-hydrogen) atoms. The number of allylic oxidation sites excluding steroid dienone is 13. The van der Waals surface area contributed by atoms with E-state index in [1.165, 1.54) is 32.1 Å². The van der Waals surface area contributed by atoms with Crippen molar-refractivity contribution < 1.29 is 32.9 Å². The summed E-state index contributed by atoms with van der Waals surface area (Å²) < 4.78 is 23.5. The Bertz CT molecular complexity index is 1150. The van der Waals surface area contributed by atoms with Crippen molar-refractivity contribution in [3.05, 3.63) is 85.1 Å². The van der Waals surface area contributed by atoms with E-state index in [0.717, 1.165) is 89.9 Å². The first kappa shape index (κ1) is 51.7. The largest absolute Gasteiger partial charge is 0.472 e. The minimum absolute atomic E-state index is 0.0456. The van der Waals surface area contributed by atoms with Crippen LogP contribution in [0.1, 0.15) is 142 Å². The minimum Gasteiger partial charge on any atom is -0.387 e. The smallest absolute Gasteiger partial charge is 0.387 e. The Morgan fingerprint density at radius 2 is 1.13 bits per heavy atom. The minimum atomic E-state index is -4.35. The molecule has 0 saturated carbocycles. The van der Waals surface area contributed by atoms with Crippen LogP contribution in [0.15, 0.2) is 85.1 Å². The number of rotatable bonds is 36. The molecule has 0 fully saturated rings. The number of aliphatic hydroxyl groups is 1. The van der Waals surface area contributed by atoms with Crippen molar-refractivity contribution in [2.24, 2.45) is 0 Å². The van der Waals surface area contributed by atoms with Crippen molar-refractivity contribution >= 4 is 13.7 Å². The summed E-state index contributed by atoms with van der Waals surface area (Å²) in [5.41, 5.74) is 0. The molecule has 0 aliphatic carbocycles. The van der Waals surface area contributed by atoms with E-state index in [4.69, 9.17) is 9.05 Å². The van der Waals surface area contributed by atoms with Crippen LogP contribution in [0.5, 0.6) is 0 Å². The summed E-state index contributed by atoms with van der Waals surface area (Å²) in [7, 11) is 1.52. The van der Waals surface area contributed by atoms with E-state index in [2.05, 4.69) is 92.1 Å². The van der Waals surface area contributed by atoms with Gasteiger partial charge in [0.25, 0.3) is 0 Å². The van der Waals surface area contributed by atoms with Gasteiger partial charge in [-0.15, -0.1) is 0 Å². The normalized spacial score (nSPS) is 15.3. The highest BCUT2D eigenvalue weighted by Gasteiger charge is 2.27. The van der Waals surface area contributed by atoms with Crippen molar-refractivity contribution in [3.8, 4) is 0 Å². The van der Waals surface area contributed by atoms with Crippen LogP contribution in [0, 0.1) is 0 Å². The molecule has 3 atom stereocenters. The maximum atomic E-state index is 12.8. The number of hydrogen-bond acceptors (Lipinski definition) is 5. The van der Waals surface area contributed by atoms with Crippen LogP contribution >= 0.6 is 7.82 Å². The number of unbranched alkanes of at least 4 members (excludes halogenated alkanes) is 11. The van der Waals surface area contributed by atoms with Gasteiger partial charge in [0, 0.05) is 6.42 Å². The highest BCUT2D eigenvalue weighted by atomic mass is 31.2. The molecule has 0 heterocycles. The molecule has 310 valence electrons. The Morgan fingerprint density at radius 1 is 0.648 bits per heavy atom. The van der Waals surface area contributed by atoms with Crippen LogP contribution in [0.2, 0.25) is 0 Å². The quantitative estimate of drug-likeness (QED) is 0.0253. The summed E-state index contributed by atoms with van der Waals surface area (Å²) >= 11 is 0. The zero-order valence-corrected chi connectivity index (χ0v) is 35.8. The van der Waals surface area contributed by atoms with Crippen molar-refractivity contribution in [3.63, 3.8) is 0 Å². The fraction of sp³-hybridized carbons (Fsp3) is 0.667. The monoisotopic (exact) mass is 776 g/mol. The fourth-order valence-corrected chi connectivity index (χ4v) is 5.97. The summed E-state index contributed by atoms with van der Waals surface area (Å²) in [6, 6.07) is -0.880.